The number of para-hydroxylation sites is 1. The second kappa shape index (κ2) is 5.76. The number of nitrogens with zero attached hydrogens (tertiary/aromatic N) is 4. The minimum Gasteiger partial charge on any atom is -0.344 e. The standard InChI is InChI=1S/C14H14ClN5O2/c1-19-7-6-10(14(19)22)16-13(21)11-8-20(18-17-11)12-5-3-2-4-9(12)15/h2-5,8,10H,6-7H2,1H3,(H,16,21)/t10-/m1/s1. The van der Waals surface area contributed by atoms with Gasteiger partial charge < -0.3 is 10.2 Å². The average molecular weight is 320 g/mol. The van der Waals surface area contributed by atoms with Crippen molar-refractivity contribution in [3.8, 4) is 5.69 Å². The minimum atomic E-state index is -0.497. The Hall–Kier alpha value is -2.41. The first kappa shape index (κ1) is 14.5. The van der Waals surface area contributed by atoms with E-state index in [1.165, 1.54) is 10.9 Å². The summed E-state index contributed by atoms with van der Waals surface area (Å²) in [4.78, 5) is 25.5. The summed E-state index contributed by atoms with van der Waals surface area (Å²) in [5.41, 5.74) is 0.773. The Balaban J connectivity index is 1.75. The third kappa shape index (κ3) is 2.67. The minimum absolute atomic E-state index is 0.0909. The fourth-order valence-electron chi connectivity index (χ4n) is 2.31. The van der Waals surface area contributed by atoms with Gasteiger partial charge in [-0.05, 0) is 18.6 Å². The molecule has 3 rings (SSSR count). The Kier molecular flexibility index (Phi) is 3.81. The summed E-state index contributed by atoms with van der Waals surface area (Å²) in [5, 5.41) is 10.9. The van der Waals surface area contributed by atoms with Gasteiger partial charge in [0.05, 0.1) is 16.9 Å². The Morgan fingerprint density at radius 3 is 2.86 bits per heavy atom. The van der Waals surface area contributed by atoms with Crippen molar-refractivity contribution in [3.63, 3.8) is 0 Å². The second-order valence-electron chi connectivity index (χ2n) is 5.07. The summed E-state index contributed by atoms with van der Waals surface area (Å²) in [5.74, 6) is -0.515. The van der Waals surface area contributed by atoms with Gasteiger partial charge in [0.2, 0.25) is 5.91 Å². The van der Waals surface area contributed by atoms with E-state index in [1.807, 2.05) is 6.07 Å². The van der Waals surface area contributed by atoms with Gasteiger partial charge in [-0.25, -0.2) is 4.68 Å². The van der Waals surface area contributed by atoms with Gasteiger partial charge in [0.1, 0.15) is 6.04 Å². The van der Waals surface area contributed by atoms with E-state index in [2.05, 4.69) is 15.6 Å². The van der Waals surface area contributed by atoms with Crippen molar-refractivity contribution in [3.05, 3.63) is 41.2 Å². The molecule has 1 aromatic carbocycles. The average Bonchev–Trinajstić information content (AvgIpc) is 3.10. The molecule has 114 valence electrons. The van der Waals surface area contributed by atoms with Crippen LogP contribution in [0, 0.1) is 0 Å². The maximum absolute atomic E-state index is 12.2. The van der Waals surface area contributed by atoms with Crippen LogP contribution >= 0.6 is 11.6 Å². The van der Waals surface area contributed by atoms with Crippen LogP contribution in [0.2, 0.25) is 5.02 Å². The Morgan fingerprint density at radius 1 is 1.41 bits per heavy atom. The van der Waals surface area contributed by atoms with Gasteiger partial charge in [-0.15, -0.1) is 5.10 Å². The van der Waals surface area contributed by atoms with Crippen LogP contribution in [-0.4, -0.2) is 51.3 Å². The molecular formula is C14H14ClN5O2. The molecule has 2 heterocycles. The number of carbonyl (C=O) groups is 2. The molecule has 0 spiro atoms. The summed E-state index contributed by atoms with van der Waals surface area (Å²) >= 11 is 6.08. The number of likely N-dealkylation sites (N-methyl/N-ethyl adjacent to an activating group) is 1. The predicted octanol–water partition coefficient (Wildman–Crippen LogP) is 0.881. The van der Waals surface area contributed by atoms with Gasteiger partial charge in [-0.2, -0.15) is 0 Å². The van der Waals surface area contributed by atoms with Crippen molar-refractivity contribution >= 4 is 23.4 Å². The highest BCUT2D eigenvalue weighted by Crippen LogP contribution is 2.18. The maximum Gasteiger partial charge on any atom is 0.274 e. The largest absolute Gasteiger partial charge is 0.344 e. The second-order valence-corrected chi connectivity index (χ2v) is 5.48. The number of aromatic nitrogens is 3. The van der Waals surface area contributed by atoms with Crippen LogP contribution in [0.1, 0.15) is 16.9 Å². The van der Waals surface area contributed by atoms with Crippen LogP contribution in [0.3, 0.4) is 0 Å². The van der Waals surface area contributed by atoms with Crippen LogP contribution < -0.4 is 5.32 Å². The molecule has 0 aliphatic carbocycles. The highest BCUT2D eigenvalue weighted by molar-refractivity contribution is 6.32. The number of rotatable bonds is 3. The van der Waals surface area contributed by atoms with Crippen molar-refractivity contribution in [1.29, 1.82) is 0 Å². The van der Waals surface area contributed by atoms with Crippen molar-refractivity contribution < 1.29 is 9.59 Å². The molecule has 1 atom stereocenters. The van der Waals surface area contributed by atoms with Crippen molar-refractivity contribution in [2.24, 2.45) is 0 Å². The van der Waals surface area contributed by atoms with Gasteiger partial charge in [-0.1, -0.05) is 28.9 Å². The number of hydrogen-bond acceptors (Lipinski definition) is 4. The first-order chi connectivity index (χ1) is 10.6. The van der Waals surface area contributed by atoms with Crippen molar-refractivity contribution in [2.45, 2.75) is 12.5 Å². The van der Waals surface area contributed by atoms with E-state index >= 15 is 0 Å². The first-order valence-electron chi connectivity index (χ1n) is 6.79. The van der Waals surface area contributed by atoms with Gasteiger partial charge in [0, 0.05) is 13.6 Å². The molecule has 1 saturated heterocycles. The molecular weight excluding hydrogens is 306 g/mol. The molecule has 0 bridgehead atoms. The number of carbonyl (C=O) groups excluding carboxylic acids is 2. The molecule has 8 heteroatoms. The number of benzene rings is 1. The lowest BCUT2D eigenvalue weighted by Gasteiger charge is -2.10. The predicted molar refractivity (Wildman–Crippen MR) is 79.9 cm³/mol. The lowest BCUT2D eigenvalue weighted by atomic mass is 10.2. The first-order valence-corrected chi connectivity index (χ1v) is 7.17. The van der Waals surface area contributed by atoms with Gasteiger partial charge >= 0.3 is 0 Å². The van der Waals surface area contributed by atoms with E-state index < -0.39 is 11.9 Å². The normalized spacial score (nSPS) is 17.8. The van der Waals surface area contributed by atoms with Gasteiger partial charge in [-0.3, -0.25) is 9.59 Å². The highest BCUT2D eigenvalue weighted by Gasteiger charge is 2.31. The molecule has 1 aliphatic heterocycles. The van der Waals surface area contributed by atoms with Crippen LogP contribution in [0.5, 0.6) is 0 Å². The number of amides is 2. The number of halogens is 1. The number of nitrogens with one attached hydrogen (secondary N) is 1. The lowest BCUT2D eigenvalue weighted by molar-refractivity contribution is -0.128. The number of likely N-dealkylation sites (tertiary alicyclic amines) is 1. The van der Waals surface area contributed by atoms with Crippen molar-refractivity contribution in [2.75, 3.05) is 13.6 Å². The van der Waals surface area contributed by atoms with Crippen molar-refractivity contribution in [1.82, 2.24) is 25.2 Å². The van der Waals surface area contributed by atoms with Gasteiger partial charge in [0.15, 0.2) is 5.69 Å². The Labute approximate surface area is 131 Å². The molecule has 7 nitrogen and oxygen atoms in total. The zero-order valence-electron chi connectivity index (χ0n) is 11.9. The van der Waals surface area contributed by atoms with E-state index in [1.54, 1.807) is 30.1 Å². The van der Waals surface area contributed by atoms with Gasteiger partial charge in [0.25, 0.3) is 5.91 Å². The molecule has 0 radical (unpaired) electrons. The van der Waals surface area contributed by atoms with E-state index in [9.17, 15) is 9.59 Å². The van der Waals surface area contributed by atoms with Crippen LogP contribution in [0.25, 0.3) is 5.69 Å². The Bertz CT molecular complexity index is 730. The zero-order chi connectivity index (χ0) is 15.7. The third-order valence-electron chi connectivity index (χ3n) is 3.56. The molecule has 22 heavy (non-hydrogen) atoms. The molecule has 0 unspecified atom stereocenters. The maximum atomic E-state index is 12.2. The lowest BCUT2D eigenvalue weighted by Crippen LogP contribution is -2.40. The molecule has 1 aromatic heterocycles. The number of hydrogen-bond donors (Lipinski definition) is 1. The molecule has 2 aromatic rings. The van der Waals surface area contributed by atoms with E-state index in [-0.39, 0.29) is 11.6 Å². The molecule has 1 fully saturated rings. The Morgan fingerprint density at radius 2 is 2.18 bits per heavy atom. The van der Waals surface area contributed by atoms with Crippen LogP contribution in [-0.2, 0) is 4.79 Å². The summed E-state index contributed by atoms with van der Waals surface area (Å²) in [6, 6.07) is 6.62. The van der Waals surface area contributed by atoms with E-state index in [0.717, 1.165) is 0 Å². The smallest absolute Gasteiger partial charge is 0.274 e. The summed E-state index contributed by atoms with van der Waals surface area (Å²) in [7, 11) is 1.71. The fourth-order valence-corrected chi connectivity index (χ4v) is 2.53. The quantitative estimate of drug-likeness (QED) is 0.910. The third-order valence-corrected chi connectivity index (χ3v) is 3.88. The summed E-state index contributed by atoms with van der Waals surface area (Å²) in [6.45, 7) is 0.635. The van der Waals surface area contributed by atoms with Crippen LogP contribution in [0.15, 0.2) is 30.5 Å². The fraction of sp³-hybridized carbons (Fsp3) is 0.286. The molecule has 0 saturated carbocycles. The SMILES string of the molecule is CN1CC[C@@H](NC(=O)c2cn(-c3ccccc3Cl)nn2)C1=O. The zero-order valence-corrected chi connectivity index (χ0v) is 12.6. The summed E-state index contributed by atoms with van der Waals surface area (Å²) in [6.07, 6.45) is 2.08. The summed E-state index contributed by atoms with van der Waals surface area (Å²) < 4.78 is 1.43. The molecule has 1 aliphatic rings. The topological polar surface area (TPSA) is 80.1 Å². The highest BCUT2D eigenvalue weighted by atomic mass is 35.5. The van der Waals surface area contributed by atoms with E-state index in [4.69, 9.17) is 11.6 Å². The monoisotopic (exact) mass is 319 g/mol. The molecule has 2 amide bonds. The van der Waals surface area contributed by atoms with E-state index in [0.29, 0.717) is 23.7 Å². The molecule has 1 N–H and O–H groups in total. The van der Waals surface area contributed by atoms with Crippen LogP contribution in [0.4, 0.5) is 0 Å².